The number of hydrogen-bond acceptors (Lipinski definition) is 3. The third kappa shape index (κ3) is 2.49. The molecule has 3 nitrogen and oxygen atoms in total. The minimum Gasteiger partial charge on any atom is -0.281 e. The number of anilines is 1. The molecule has 1 rings (SSSR count). The first kappa shape index (κ1) is 12.0. The Hall–Kier alpha value is -0.0700. The van der Waals surface area contributed by atoms with E-state index in [0.717, 1.165) is 3.79 Å². The number of nitrogens with one attached hydrogen (secondary N) is 1. The predicted molar refractivity (Wildman–Crippen MR) is 64.3 cm³/mol. The molecule has 0 fully saturated rings. The van der Waals surface area contributed by atoms with Gasteiger partial charge in [0.2, 0.25) is 10.0 Å². The molecule has 0 aliphatic heterocycles. The van der Waals surface area contributed by atoms with Gasteiger partial charge in [-0.25, -0.2) is 8.42 Å². The lowest BCUT2D eigenvalue weighted by Gasteiger charge is -2.19. The van der Waals surface area contributed by atoms with E-state index in [-0.39, 0.29) is 0 Å². The SMILES string of the molecule is CC(C)(C)S(=O)(=O)Nc1ccsc1Br. The van der Waals surface area contributed by atoms with Gasteiger partial charge in [-0.05, 0) is 48.1 Å². The minimum absolute atomic E-state index is 0.602. The maximum atomic E-state index is 11.7. The third-order valence-electron chi connectivity index (χ3n) is 1.67. The summed E-state index contributed by atoms with van der Waals surface area (Å²) >= 11 is 4.72. The van der Waals surface area contributed by atoms with Gasteiger partial charge in [0.15, 0.2) is 0 Å². The summed E-state index contributed by atoms with van der Waals surface area (Å²) in [6.45, 7) is 4.99. The van der Waals surface area contributed by atoms with Gasteiger partial charge in [-0.2, -0.15) is 0 Å². The van der Waals surface area contributed by atoms with Gasteiger partial charge in [0, 0.05) is 0 Å². The first-order valence-corrected chi connectivity index (χ1v) is 7.15. The van der Waals surface area contributed by atoms with E-state index in [2.05, 4.69) is 20.7 Å². The molecule has 0 saturated heterocycles. The zero-order valence-corrected chi connectivity index (χ0v) is 11.4. The van der Waals surface area contributed by atoms with Gasteiger partial charge in [0.1, 0.15) is 0 Å². The summed E-state index contributed by atoms with van der Waals surface area (Å²) in [4.78, 5) is 0. The second-order valence-electron chi connectivity index (χ2n) is 3.83. The molecular formula is C8H12BrNO2S2. The highest BCUT2D eigenvalue weighted by Gasteiger charge is 2.29. The van der Waals surface area contributed by atoms with Crippen molar-refractivity contribution in [3.63, 3.8) is 0 Å². The number of rotatable bonds is 2. The van der Waals surface area contributed by atoms with Crippen molar-refractivity contribution in [1.29, 1.82) is 0 Å². The number of halogens is 1. The largest absolute Gasteiger partial charge is 0.281 e. The molecule has 0 saturated carbocycles. The van der Waals surface area contributed by atoms with Crippen LogP contribution < -0.4 is 4.72 Å². The molecule has 6 heteroatoms. The monoisotopic (exact) mass is 297 g/mol. The van der Waals surface area contributed by atoms with Crippen LogP contribution in [0.4, 0.5) is 5.69 Å². The van der Waals surface area contributed by atoms with Gasteiger partial charge in [0.05, 0.1) is 14.2 Å². The summed E-state index contributed by atoms with van der Waals surface area (Å²) in [5.74, 6) is 0. The lowest BCUT2D eigenvalue weighted by molar-refractivity contribution is 0.566. The van der Waals surface area contributed by atoms with Crippen LogP contribution in [0.3, 0.4) is 0 Å². The van der Waals surface area contributed by atoms with Crippen LogP contribution in [0.1, 0.15) is 20.8 Å². The van der Waals surface area contributed by atoms with Crippen molar-refractivity contribution >= 4 is 43.0 Å². The Morgan fingerprint density at radius 1 is 1.43 bits per heavy atom. The van der Waals surface area contributed by atoms with Gasteiger partial charge in [0.25, 0.3) is 0 Å². The summed E-state index contributed by atoms with van der Waals surface area (Å²) in [5, 5.41) is 1.82. The first-order chi connectivity index (χ1) is 6.24. The maximum Gasteiger partial charge on any atom is 0.237 e. The highest BCUT2D eigenvalue weighted by atomic mass is 79.9. The van der Waals surface area contributed by atoms with Crippen molar-refractivity contribution in [2.45, 2.75) is 25.5 Å². The van der Waals surface area contributed by atoms with Crippen molar-refractivity contribution < 1.29 is 8.42 Å². The maximum absolute atomic E-state index is 11.7. The summed E-state index contributed by atoms with van der Waals surface area (Å²) in [6, 6.07) is 1.73. The van der Waals surface area contributed by atoms with Crippen molar-refractivity contribution in [2.24, 2.45) is 0 Å². The molecule has 1 heterocycles. The fourth-order valence-electron chi connectivity index (χ4n) is 0.663. The molecule has 1 aromatic rings. The Kier molecular flexibility index (Phi) is 3.28. The Labute approximate surface area is 96.7 Å². The van der Waals surface area contributed by atoms with Crippen LogP contribution >= 0.6 is 27.3 Å². The summed E-state index contributed by atoms with van der Waals surface area (Å²) < 4.78 is 26.0. The molecule has 0 spiro atoms. The molecule has 0 radical (unpaired) electrons. The van der Waals surface area contributed by atoms with Crippen molar-refractivity contribution in [3.8, 4) is 0 Å². The number of hydrogen-bond donors (Lipinski definition) is 1. The van der Waals surface area contributed by atoms with Crippen LogP contribution in [0.5, 0.6) is 0 Å². The Bertz CT molecular complexity index is 417. The fraction of sp³-hybridized carbons (Fsp3) is 0.500. The Morgan fingerprint density at radius 2 is 2.00 bits per heavy atom. The molecule has 0 atom stereocenters. The van der Waals surface area contributed by atoms with Crippen molar-refractivity contribution in [3.05, 3.63) is 15.2 Å². The van der Waals surface area contributed by atoms with Crippen molar-refractivity contribution in [1.82, 2.24) is 0 Å². The second-order valence-corrected chi connectivity index (χ2v) is 8.50. The van der Waals surface area contributed by atoms with Crippen LogP contribution in [0, 0.1) is 0 Å². The average molecular weight is 298 g/mol. The fourth-order valence-corrected chi connectivity index (χ4v) is 2.75. The van der Waals surface area contributed by atoms with Crippen LogP contribution in [-0.4, -0.2) is 13.2 Å². The molecule has 0 aromatic carbocycles. The van der Waals surface area contributed by atoms with E-state index in [4.69, 9.17) is 0 Å². The Balaban J connectivity index is 2.96. The summed E-state index contributed by atoms with van der Waals surface area (Å²) in [6.07, 6.45) is 0. The van der Waals surface area contributed by atoms with Gasteiger partial charge in [-0.15, -0.1) is 11.3 Å². The van der Waals surface area contributed by atoms with E-state index in [9.17, 15) is 8.42 Å². The molecule has 80 valence electrons. The van der Waals surface area contributed by atoms with Crippen LogP contribution in [0.15, 0.2) is 15.2 Å². The zero-order valence-electron chi connectivity index (χ0n) is 8.17. The Morgan fingerprint density at radius 3 is 2.36 bits per heavy atom. The normalized spacial score (nSPS) is 12.9. The van der Waals surface area contributed by atoms with E-state index in [1.54, 1.807) is 26.8 Å². The second kappa shape index (κ2) is 3.83. The summed E-state index contributed by atoms with van der Waals surface area (Å²) in [5.41, 5.74) is 0.602. The van der Waals surface area contributed by atoms with Crippen LogP contribution in [0.2, 0.25) is 0 Å². The van der Waals surface area contributed by atoms with E-state index in [1.165, 1.54) is 11.3 Å². The summed E-state index contributed by atoms with van der Waals surface area (Å²) in [7, 11) is -3.32. The van der Waals surface area contributed by atoms with Gasteiger partial charge < -0.3 is 0 Å². The number of sulfonamides is 1. The van der Waals surface area contributed by atoms with Crippen LogP contribution in [0.25, 0.3) is 0 Å². The highest BCUT2D eigenvalue weighted by Crippen LogP contribution is 2.30. The quantitative estimate of drug-likeness (QED) is 0.912. The number of thiophene rings is 1. The third-order valence-corrected chi connectivity index (χ3v) is 5.46. The lowest BCUT2D eigenvalue weighted by Crippen LogP contribution is -2.33. The molecule has 0 bridgehead atoms. The lowest BCUT2D eigenvalue weighted by atomic mass is 10.3. The van der Waals surface area contributed by atoms with Gasteiger partial charge in [-0.1, -0.05) is 0 Å². The van der Waals surface area contributed by atoms with Gasteiger partial charge in [-0.3, -0.25) is 4.72 Å². The van der Waals surface area contributed by atoms with E-state index < -0.39 is 14.8 Å². The molecule has 0 unspecified atom stereocenters. The molecule has 0 amide bonds. The first-order valence-electron chi connectivity index (χ1n) is 3.99. The van der Waals surface area contributed by atoms with Crippen LogP contribution in [-0.2, 0) is 10.0 Å². The van der Waals surface area contributed by atoms with Gasteiger partial charge >= 0.3 is 0 Å². The molecule has 14 heavy (non-hydrogen) atoms. The molecule has 0 aliphatic rings. The zero-order chi connectivity index (χ0) is 11.0. The van der Waals surface area contributed by atoms with E-state index in [0.29, 0.717) is 5.69 Å². The van der Waals surface area contributed by atoms with E-state index >= 15 is 0 Å². The minimum atomic E-state index is -3.32. The standard InChI is InChI=1S/C8H12BrNO2S2/c1-8(2,3)14(11,12)10-6-4-5-13-7(6)9/h4-5,10H,1-3H3. The highest BCUT2D eigenvalue weighted by molar-refractivity contribution is 9.11. The van der Waals surface area contributed by atoms with Crippen molar-refractivity contribution in [2.75, 3.05) is 4.72 Å². The van der Waals surface area contributed by atoms with E-state index in [1.807, 2.05) is 5.38 Å². The smallest absolute Gasteiger partial charge is 0.237 e. The topological polar surface area (TPSA) is 46.2 Å². The molecule has 0 aliphatic carbocycles. The average Bonchev–Trinajstić information content (AvgIpc) is 2.33. The predicted octanol–water partition coefficient (Wildman–Crippen LogP) is 3.05. The molecular weight excluding hydrogens is 286 g/mol. The molecule has 1 aromatic heterocycles. The molecule has 1 N–H and O–H groups in total.